The van der Waals surface area contributed by atoms with Crippen LogP contribution in [0.1, 0.15) is 6.42 Å². The zero-order chi connectivity index (χ0) is 25.1. The van der Waals surface area contributed by atoms with Crippen molar-refractivity contribution in [2.24, 2.45) is 5.92 Å². The molecule has 2 fully saturated rings. The van der Waals surface area contributed by atoms with Crippen molar-refractivity contribution in [3.05, 3.63) is 42.5 Å². The number of nitrogens with zero attached hydrogens (tertiary/aromatic N) is 3. The molecule has 190 valence electrons. The Balaban J connectivity index is 1.14. The Bertz CT molecular complexity index is 1130. The van der Waals surface area contributed by atoms with Gasteiger partial charge in [-0.15, -0.1) is 0 Å². The average molecular weight is 495 g/mol. The highest BCUT2D eigenvalue weighted by Gasteiger charge is 2.37. The van der Waals surface area contributed by atoms with Crippen molar-refractivity contribution in [2.45, 2.75) is 6.42 Å². The highest BCUT2D eigenvalue weighted by molar-refractivity contribution is 6.01. The molecule has 3 amide bonds. The van der Waals surface area contributed by atoms with Gasteiger partial charge >= 0.3 is 0 Å². The van der Waals surface area contributed by atoms with E-state index in [1.165, 1.54) is 4.90 Å². The third kappa shape index (κ3) is 5.23. The Kier molecular flexibility index (Phi) is 6.95. The maximum atomic E-state index is 13.0. The summed E-state index contributed by atoms with van der Waals surface area (Å²) in [6.07, 6.45) is 0.0994. The average Bonchev–Trinajstić information content (AvgIpc) is 3.30. The first kappa shape index (κ1) is 23.9. The SMILES string of the molecule is CN(CC(=O)Nc1ccc(N2CCOCC2)cc1)C(=O)C1CC(=O)N(c2ccc3c(c2)OCCO3)C1. The summed E-state index contributed by atoms with van der Waals surface area (Å²) >= 11 is 0. The van der Waals surface area contributed by atoms with Crippen LogP contribution < -0.4 is 24.6 Å². The lowest BCUT2D eigenvalue weighted by molar-refractivity contribution is -0.137. The zero-order valence-corrected chi connectivity index (χ0v) is 20.3. The molecule has 36 heavy (non-hydrogen) atoms. The van der Waals surface area contributed by atoms with Gasteiger partial charge in [0.2, 0.25) is 17.7 Å². The molecule has 10 heteroatoms. The number of nitrogens with one attached hydrogen (secondary N) is 1. The van der Waals surface area contributed by atoms with Crippen molar-refractivity contribution >= 4 is 34.8 Å². The van der Waals surface area contributed by atoms with E-state index in [1.807, 2.05) is 24.3 Å². The van der Waals surface area contributed by atoms with Crippen molar-refractivity contribution in [3.8, 4) is 11.5 Å². The topological polar surface area (TPSA) is 101 Å². The fourth-order valence-electron chi connectivity index (χ4n) is 4.71. The molecule has 0 bridgehead atoms. The minimum Gasteiger partial charge on any atom is -0.486 e. The smallest absolute Gasteiger partial charge is 0.243 e. The van der Waals surface area contributed by atoms with Crippen LogP contribution in [-0.4, -0.2) is 82.3 Å². The number of likely N-dealkylation sites (N-methyl/N-ethyl adjacent to an activating group) is 1. The predicted molar refractivity (Wildman–Crippen MR) is 134 cm³/mol. The van der Waals surface area contributed by atoms with Gasteiger partial charge in [-0.2, -0.15) is 0 Å². The van der Waals surface area contributed by atoms with Gasteiger partial charge in [0.05, 0.1) is 25.7 Å². The summed E-state index contributed by atoms with van der Waals surface area (Å²) in [5, 5.41) is 2.84. The van der Waals surface area contributed by atoms with Crippen molar-refractivity contribution < 1.29 is 28.6 Å². The first-order valence-corrected chi connectivity index (χ1v) is 12.2. The molecule has 5 rings (SSSR count). The molecule has 2 aromatic rings. The fourth-order valence-corrected chi connectivity index (χ4v) is 4.71. The van der Waals surface area contributed by atoms with E-state index < -0.39 is 5.92 Å². The van der Waals surface area contributed by atoms with E-state index in [9.17, 15) is 14.4 Å². The van der Waals surface area contributed by atoms with Crippen molar-refractivity contribution in [1.82, 2.24) is 4.90 Å². The molecule has 0 aromatic heterocycles. The molecule has 1 unspecified atom stereocenters. The predicted octanol–water partition coefficient (Wildman–Crippen LogP) is 1.74. The molecule has 0 saturated carbocycles. The number of anilines is 3. The zero-order valence-electron chi connectivity index (χ0n) is 20.3. The van der Waals surface area contributed by atoms with Crippen molar-refractivity contribution in [2.75, 3.05) is 74.8 Å². The number of hydrogen-bond acceptors (Lipinski definition) is 7. The van der Waals surface area contributed by atoms with Crippen LogP contribution in [0.2, 0.25) is 0 Å². The third-order valence-electron chi connectivity index (χ3n) is 6.60. The number of amides is 3. The molecule has 1 atom stereocenters. The van der Waals surface area contributed by atoms with Crippen LogP contribution in [0.15, 0.2) is 42.5 Å². The third-order valence-corrected chi connectivity index (χ3v) is 6.60. The van der Waals surface area contributed by atoms with Gasteiger partial charge in [-0.3, -0.25) is 14.4 Å². The Hall–Kier alpha value is -3.79. The van der Waals surface area contributed by atoms with Gasteiger partial charge in [0, 0.05) is 56.2 Å². The quantitative estimate of drug-likeness (QED) is 0.653. The summed E-state index contributed by atoms with van der Waals surface area (Å²) in [4.78, 5) is 43.5. The van der Waals surface area contributed by atoms with Gasteiger partial charge in [0.25, 0.3) is 0 Å². The van der Waals surface area contributed by atoms with Gasteiger partial charge in [0.15, 0.2) is 11.5 Å². The Morgan fingerprint density at radius 1 is 0.972 bits per heavy atom. The first-order valence-electron chi connectivity index (χ1n) is 12.2. The molecule has 10 nitrogen and oxygen atoms in total. The molecule has 0 radical (unpaired) electrons. The summed E-state index contributed by atoms with van der Waals surface area (Å²) < 4.78 is 16.5. The van der Waals surface area contributed by atoms with E-state index in [0.717, 1.165) is 18.8 Å². The van der Waals surface area contributed by atoms with Crippen LogP contribution in [0.3, 0.4) is 0 Å². The molecule has 2 saturated heterocycles. The van der Waals surface area contributed by atoms with Gasteiger partial charge in [-0.1, -0.05) is 0 Å². The first-order chi connectivity index (χ1) is 17.5. The second-order valence-corrected chi connectivity index (χ2v) is 9.12. The van der Waals surface area contributed by atoms with Crippen LogP contribution in [0.25, 0.3) is 0 Å². The summed E-state index contributed by atoms with van der Waals surface area (Å²) in [5.74, 6) is 0.0533. The molecule has 3 aliphatic heterocycles. The number of hydrogen-bond donors (Lipinski definition) is 1. The van der Waals surface area contributed by atoms with Gasteiger partial charge in [-0.05, 0) is 36.4 Å². The number of carbonyl (C=O) groups is 3. The lowest BCUT2D eigenvalue weighted by atomic mass is 10.1. The number of morpholine rings is 1. The molecule has 2 aromatic carbocycles. The number of rotatable bonds is 6. The van der Waals surface area contributed by atoms with E-state index >= 15 is 0 Å². The molecular weight excluding hydrogens is 464 g/mol. The van der Waals surface area contributed by atoms with Crippen LogP contribution in [-0.2, 0) is 19.1 Å². The fraction of sp³-hybridized carbons (Fsp3) is 0.423. The number of ether oxygens (including phenoxy) is 3. The van der Waals surface area contributed by atoms with E-state index in [1.54, 1.807) is 30.1 Å². The van der Waals surface area contributed by atoms with Gasteiger partial charge in [0.1, 0.15) is 13.2 Å². The van der Waals surface area contributed by atoms with Crippen LogP contribution in [0.4, 0.5) is 17.1 Å². The molecule has 0 spiro atoms. The van der Waals surface area contributed by atoms with Crippen LogP contribution in [0.5, 0.6) is 11.5 Å². The van der Waals surface area contributed by atoms with E-state index in [4.69, 9.17) is 14.2 Å². The second-order valence-electron chi connectivity index (χ2n) is 9.12. The maximum Gasteiger partial charge on any atom is 0.243 e. The van der Waals surface area contributed by atoms with Gasteiger partial charge in [-0.25, -0.2) is 0 Å². The normalized spacial score (nSPS) is 19.2. The number of benzene rings is 2. The number of carbonyl (C=O) groups excluding carboxylic acids is 3. The van der Waals surface area contributed by atoms with Crippen LogP contribution >= 0.6 is 0 Å². The molecular formula is C26H30N4O6. The van der Waals surface area contributed by atoms with Crippen molar-refractivity contribution in [3.63, 3.8) is 0 Å². The molecule has 0 aliphatic carbocycles. The monoisotopic (exact) mass is 494 g/mol. The van der Waals surface area contributed by atoms with Crippen molar-refractivity contribution in [1.29, 1.82) is 0 Å². The summed E-state index contributed by atoms with van der Waals surface area (Å²) in [7, 11) is 1.58. The lowest BCUT2D eigenvalue weighted by Crippen LogP contribution is -2.39. The Morgan fingerprint density at radius 3 is 2.42 bits per heavy atom. The maximum absolute atomic E-state index is 13.0. The largest absolute Gasteiger partial charge is 0.486 e. The van der Waals surface area contributed by atoms with E-state index in [0.29, 0.717) is 49.3 Å². The lowest BCUT2D eigenvalue weighted by Gasteiger charge is -2.29. The minimum absolute atomic E-state index is 0.0984. The molecule has 1 N–H and O–H groups in total. The summed E-state index contributed by atoms with van der Waals surface area (Å²) in [6.45, 7) is 4.20. The molecule has 3 aliphatic rings. The van der Waals surface area contributed by atoms with Crippen LogP contribution in [0, 0.1) is 5.92 Å². The Morgan fingerprint density at radius 2 is 1.67 bits per heavy atom. The van der Waals surface area contributed by atoms with E-state index in [-0.39, 0.29) is 37.2 Å². The summed E-state index contributed by atoms with van der Waals surface area (Å²) in [6, 6.07) is 13.0. The highest BCUT2D eigenvalue weighted by Crippen LogP contribution is 2.36. The molecule has 3 heterocycles. The highest BCUT2D eigenvalue weighted by atomic mass is 16.6. The van der Waals surface area contributed by atoms with Gasteiger partial charge < -0.3 is 34.2 Å². The number of fused-ring (bicyclic) bond motifs is 1. The van der Waals surface area contributed by atoms with E-state index in [2.05, 4.69) is 10.2 Å². The Labute approximate surface area is 209 Å². The standard InChI is InChI=1S/C26H30N4O6/c1-28(17-24(31)27-19-2-4-20(5-3-19)29-8-10-34-11-9-29)26(33)18-14-25(32)30(16-18)21-6-7-22-23(15-21)36-13-12-35-22/h2-7,15,18H,8-14,16-17H2,1H3,(H,27,31). The second kappa shape index (κ2) is 10.4. The summed E-state index contributed by atoms with van der Waals surface area (Å²) in [5.41, 5.74) is 2.41. The minimum atomic E-state index is -0.517.